The van der Waals surface area contributed by atoms with Gasteiger partial charge in [-0.2, -0.15) is 0 Å². The number of dihydropyridines is 1. The maximum Gasteiger partial charge on any atom is 0.337 e. The number of nitrogens with one attached hydrogen (secondary N) is 1. The lowest BCUT2D eigenvalue weighted by Crippen LogP contribution is -2.37. The average molecular weight is 530 g/mol. The molecule has 0 radical (unpaired) electrons. The molecule has 1 fully saturated rings. The molecule has 7 nitrogen and oxygen atoms in total. The normalized spacial score (nSPS) is 21.7. The third kappa shape index (κ3) is 5.63. The Bertz CT molecular complexity index is 1340. The number of carbonyl (C=O) groups excluding carboxylic acids is 3. The van der Waals surface area contributed by atoms with Crippen LogP contribution in [0.2, 0.25) is 0 Å². The molecule has 0 saturated heterocycles. The number of esters is 2. The topological polar surface area (TPSA) is 90.9 Å². The monoisotopic (exact) mass is 529 g/mol. The molecule has 2 aliphatic carbocycles. The molecule has 0 amide bonds. The minimum atomic E-state index is -0.623. The Morgan fingerprint density at radius 2 is 1.67 bits per heavy atom. The van der Waals surface area contributed by atoms with Crippen molar-refractivity contribution in [3.8, 4) is 11.5 Å². The van der Waals surface area contributed by atoms with E-state index in [-0.39, 0.29) is 23.6 Å². The van der Waals surface area contributed by atoms with Gasteiger partial charge in [-0.25, -0.2) is 4.79 Å². The van der Waals surface area contributed by atoms with Crippen molar-refractivity contribution in [3.05, 3.63) is 82.2 Å². The summed E-state index contributed by atoms with van der Waals surface area (Å²) in [7, 11) is 1.49. The van der Waals surface area contributed by atoms with Gasteiger partial charge in [-0.15, -0.1) is 0 Å². The fraction of sp³-hybridized carbons (Fsp3) is 0.406. The third-order valence-corrected chi connectivity index (χ3v) is 7.92. The van der Waals surface area contributed by atoms with E-state index in [1.807, 2.05) is 25.1 Å². The van der Waals surface area contributed by atoms with Crippen LogP contribution < -0.4 is 14.8 Å². The van der Waals surface area contributed by atoms with Crippen molar-refractivity contribution in [3.63, 3.8) is 0 Å². The zero-order valence-corrected chi connectivity index (χ0v) is 22.8. The summed E-state index contributed by atoms with van der Waals surface area (Å²) in [4.78, 5) is 39.2. The zero-order valence-electron chi connectivity index (χ0n) is 22.8. The number of allylic oxidation sites excluding steroid dienone is 3. The largest absolute Gasteiger partial charge is 0.493 e. The molecule has 2 aromatic carbocycles. The Hall–Kier alpha value is -3.87. The van der Waals surface area contributed by atoms with Crippen LogP contribution >= 0.6 is 0 Å². The van der Waals surface area contributed by atoms with Crippen LogP contribution in [0, 0.1) is 0 Å². The van der Waals surface area contributed by atoms with Crippen LogP contribution in [0.25, 0.3) is 0 Å². The number of ether oxygens (including phenoxy) is 3. The first-order valence-electron chi connectivity index (χ1n) is 13.7. The molecule has 3 aliphatic rings. The second kappa shape index (κ2) is 11.5. The number of hydrogen-bond acceptors (Lipinski definition) is 7. The summed E-state index contributed by atoms with van der Waals surface area (Å²) in [6.45, 7) is 3.20. The number of ketones is 1. The first kappa shape index (κ1) is 26.7. The number of Topliss-reactive ketones (excluding diaryl/α,β-unsaturated/α-hetero) is 1. The summed E-state index contributed by atoms with van der Waals surface area (Å²) in [5.74, 6) is -0.799. The van der Waals surface area contributed by atoms with E-state index in [0.29, 0.717) is 41.0 Å². The summed E-state index contributed by atoms with van der Waals surface area (Å²) >= 11 is 0. The molecule has 1 aliphatic heterocycles. The lowest BCUT2D eigenvalue weighted by atomic mass is 9.71. The molecule has 0 bridgehead atoms. The first-order valence-corrected chi connectivity index (χ1v) is 13.7. The van der Waals surface area contributed by atoms with Crippen molar-refractivity contribution in [2.24, 2.45) is 0 Å². The van der Waals surface area contributed by atoms with Gasteiger partial charge in [0.25, 0.3) is 0 Å². The van der Waals surface area contributed by atoms with E-state index in [9.17, 15) is 14.4 Å². The smallest absolute Gasteiger partial charge is 0.337 e. The van der Waals surface area contributed by atoms with E-state index < -0.39 is 17.9 Å². The average Bonchev–Trinajstić information content (AvgIpc) is 2.93. The molecule has 1 heterocycles. The second-order valence-electron chi connectivity index (χ2n) is 10.6. The van der Waals surface area contributed by atoms with E-state index >= 15 is 0 Å². The van der Waals surface area contributed by atoms with Crippen LogP contribution in [-0.2, 0) is 19.1 Å². The molecule has 0 unspecified atom stereocenters. The van der Waals surface area contributed by atoms with Gasteiger partial charge in [0.05, 0.1) is 12.7 Å². The maximum absolute atomic E-state index is 13.9. The van der Waals surface area contributed by atoms with Gasteiger partial charge >= 0.3 is 11.9 Å². The first-order chi connectivity index (χ1) is 18.9. The lowest BCUT2D eigenvalue weighted by molar-refractivity contribution is -0.146. The molecule has 2 atom stereocenters. The summed E-state index contributed by atoms with van der Waals surface area (Å²) < 4.78 is 16.9. The maximum atomic E-state index is 13.9. The lowest BCUT2D eigenvalue weighted by Gasteiger charge is -2.37. The van der Waals surface area contributed by atoms with Gasteiger partial charge in [0.2, 0.25) is 0 Å². The number of rotatable bonds is 6. The summed E-state index contributed by atoms with van der Waals surface area (Å²) in [6.07, 6.45) is 5.84. The molecule has 5 rings (SSSR count). The molecular formula is C32H35NO6. The van der Waals surface area contributed by atoms with Gasteiger partial charge in [0, 0.05) is 36.2 Å². The minimum absolute atomic E-state index is 0.00102. The molecule has 204 valence electrons. The van der Waals surface area contributed by atoms with E-state index in [1.165, 1.54) is 14.0 Å². The number of hydrogen-bond donors (Lipinski definition) is 1. The highest BCUT2D eigenvalue weighted by atomic mass is 16.6. The Kier molecular flexibility index (Phi) is 7.87. The van der Waals surface area contributed by atoms with Crippen LogP contribution in [0.3, 0.4) is 0 Å². The van der Waals surface area contributed by atoms with Crippen LogP contribution in [-0.4, -0.2) is 30.9 Å². The number of methoxy groups -OCH3 is 1. The molecule has 7 heteroatoms. The molecule has 1 N–H and O–H groups in total. The Morgan fingerprint density at radius 3 is 2.36 bits per heavy atom. The van der Waals surface area contributed by atoms with Crippen LogP contribution in [0.4, 0.5) is 0 Å². The third-order valence-electron chi connectivity index (χ3n) is 7.92. The molecule has 39 heavy (non-hydrogen) atoms. The Labute approximate surface area is 229 Å². The van der Waals surface area contributed by atoms with Gasteiger partial charge in [-0.05, 0) is 68.2 Å². The molecule has 1 saturated carbocycles. The number of carbonyl (C=O) groups is 3. The van der Waals surface area contributed by atoms with Gasteiger partial charge in [-0.3, -0.25) is 9.59 Å². The Balaban J connectivity index is 1.57. The summed E-state index contributed by atoms with van der Waals surface area (Å²) in [5, 5.41) is 3.42. The molecule has 2 aromatic rings. The fourth-order valence-electron chi connectivity index (χ4n) is 6.10. The second-order valence-corrected chi connectivity index (χ2v) is 10.6. The van der Waals surface area contributed by atoms with Crippen LogP contribution in [0.1, 0.15) is 81.8 Å². The van der Waals surface area contributed by atoms with Gasteiger partial charge in [0.15, 0.2) is 17.3 Å². The standard InChI is InChI=1S/C32H35NO6/c1-19-29(32(36)39-24-12-8-5-9-13-24)30(22-14-15-27(38-20(2)34)28(18-22)37-3)31-25(33-19)16-23(17-26(31)35)21-10-6-4-7-11-21/h4,6-7,10-11,14-15,18,23-24,30,33H,5,8-9,12-13,16-17H2,1-3H3/t23-,30+/m1/s1. The van der Waals surface area contributed by atoms with Crippen molar-refractivity contribution in [2.45, 2.75) is 76.7 Å². The van der Waals surface area contributed by atoms with Crippen molar-refractivity contribution >= 4 is 17.7 Å². The highest BCUT2D eigenvalue weighted by molar-refractivity contribution is 6.04. The quantitative estimate of drug-likeness (QED) is 0.370. The van der Waals surface area contributed by atoms with Crippen molar-refractivity contribution in [1.29, 1.82) is 0 Å². The van der Waals surface area contributed by atoms with E-state index in [1.54, 1.807) is 18.2 Å². The van der Waals surface area contributed by atoms with E-state index in [2.05, 4.69) is 17.4 Å². The SMILES string of the molecule is COc1cc([C@H]2C(C(=O)OC3CCCCC3)=C(C)NC3=C2C(=O)C[C@H](c2ccccc2)C3)ccc1OC(C)=O. The predicted molar refractivity (Wildman–Crippen MR) is 146 cm³/mol. The molecular weight excluding hydrogens is 494 g/mol. The molecule has 0 aromatic heterocycles. The number of benzene rings is 2. The van der Waals surface area contributed by atoms with Crippen LogP contribution in [0.5, 0.6) is 11.5 Å². The van der Waals surface area contributed by atoms with Gasteiger partial charge in [0.1, 0.15) is 6.10 Å². The highest BCUT2D eigenvalue weighted by Crippen LogP contribution is 2.47. The summed E-state index contributed by atoms with van der Waals surface area (Å²) in [5.41, 5.74) is 4.37. The summed E-state index contributed by atoms with van der Waals surface area (Å²) in [6, 6.07) is 15.2. The minimum Gasteiger partial charge on any atom is -0.493 e. The van der Waals surface area contributed by atoms with Gasteiger partial charge < -0.3 is 19.5 Å². The van der Waals surface area contributed by atoms with Crippen LogP contribution in [0.15, 0.2) is 71.1 Å². The predicted octanol–water partition coefficient (Wildman–Crippen LogP) is 5.86. The van der Waals surface area contributed by atoms with Crippen molar-refractivity contribution < 1.29 is 28.6 Å². The van der Waals surface area contributed by atoms with E-state index in [4.69, 9.17) is 14.2 Å². The van der Waals surface area contributed by atoms with Crippen molar-refractivity contribution in [1.82, 2.24) is 5.32 Å². The van der Waals surface area contributed by atoms with Gasteiger partial charge in [-0.1, -0.05) is 42.8 Å². The highest BCUT2D eigenvalue weighted by Gasteiger charge is 2.42. The van der Waals surface area contributed by atoms with E-state index in [0.717, 1.165) is 43.4 Å². The molecule has 0 spiro atoms. The zero-order chi connectivity index (χ0) is 27.5. The fourth-order valence-corrected chi connectivity index (χ4v) is 6.10. The van der Waals surface area contributed by atoms with Crippen molar-refractivity contribution in [2.75, 3.05) is 7.11 Å². The Morgan fingerprint density at radius 1 is 0.923 bits per heavy atom.